The minimum atomic E-state index is -0.392. The fraction of sp³-hybridized carbons (Fsp3) is 0.100. The number of hydrogen-bond donors (Lipinski definition) is 3. The minimum Gasteiger partial charge on any atom is -0.426 e. The summed E-state index contributed by atoms with van der Waals surface area (Å²) < 4.78 is 5.51. The fourth-order valence-electron chi connectivity index (χ4n) is 2.58. The van der Waals surface area contributed by atoms with Crippen LogP contribution in [0.4, 0.5) is 5.69 Å². The second-order valence-electron chi connectivity index (χ2n) is 5.95. The summed E-state index contributed by atoms with van der Waals surface area (Å²) in [4.78, 5) is 12.4. The van der Waals surface area contributed by atoms with Crippen LogP contribution in [-0.2, 0) is 4.79 Å². The highest BCUT2D eigenvalue weighted by atomic mass is 16.5. The lowest BCUT2D eigenvalue weighted by Crippen LogP contribution is -2.16. The molecule has 3 rings (SSSR count). The summed E-state index contributed by atoms with van der Waals surface area (Å²) in [6, 6.07) is 18.0. The van der Waals surface area contributed by atoms with Crippen LogP contribution < -0.4 is 16.2 Å². The molecule has 0 heterocycles. The zero-order valence-electron chi connectivity index (χ0n) is 13.8. The van der Waals surface area contributed by atoms with E-state index in [2.05, 4.69) is 0 Å². The number of benzene rings is 3. The number of hydrogen-bond acceptors (Lipinski definition) is 4. The maximum Gasteiger partial charge on any atom is 0.318 e. The number of anilines is 1. The standard InChI is InChI=1S/C20H19N3O2/c1-12(13-4-7-17(21)8-5-13)20(24)25-18-9-6-14-10-16(19(22)23)3-2-15(14)11-18/h2-12H,21H2,1H3,(H3,22,23). The van der Waals surface area contributed by atoms with Gasteiger partial charge >= 0.3 is 5.97 Å². The van der Waals surface area contributed by atoms with E-state index in [1.807, 2.05) is 30.3 Å². The van der Waals surface area contributed by atoms with Gasteiger partial charge in [0.2, 0.25) is 0 Å². The zero-order chi connectivity index (χ0) is 18.0. The predicted octanol–water partition coefficient (Wildman–Crippen LogP) is 3.42. The second kappa shape index (κ2) is 6.65. The van der Waals surface area contributed by atoms with Crippen molar-refractivity contribution in [3.63, 3.8) is 0 Å². The molecule has 25 heavy (non-hydrogen) atoms. The van der Waals surface area contributed by atoms with Gasteiger partial charge < -0.3 is 16.2 Å². The molecule has 0 radical (unpaired) electrons. The first-order chi connectivity index (χ1) is 11.9. The van der Waals surface area contributed by atoms with Crippen LogP contribution in [0.1, 0.15) is 24.0 Å². The van der Waals surface area contributed by atoms with Crippen LogP contribution in [0.3, 0.4) is 0 Å². The van der Waals surface area contributed by atoms with Gasteiger partial charge in [-0.25, -0.2) is 0 Å². The summed E-state index contributed by atoms with van der Waals surface area (Å²) in [7, 11) is 0. The number of fused-ring (bicyclic) bond motifs is 1. The Kier molecular flexibility index (Phi) is 4.39. The van der Waals surface area contributed by atoms with Crippen molar-refractivity contribution in [3.05, 3.63) is 71.8 Å². The predicted molar refractivity (Wildman–Crippen MR) is 99.9 cm³/mol. The van der Waals surface area contributed by atoms with E-state index >= 15 is 0 Å². The van der Waals surface area contributed by atoms with Crippen molar-refractivity contribution in [1.82, 2.24) is 0 Å². The van der Waals surface area contributed by atoms with Gasteiger partial charge in [-0.1, -0.05) is 30.3 Å². The number of ether oxygens (including phenoxy) is 1. The number of carbonyl (C=O) groups is 1. The van der Waals surface area contributed by atoms with E-state index in [0.717, 1.165) is 16.3 Å². The van der Waals surface area contributed by atoms with Gasteiger partial charge in [0, 0.05) is 11.3 Å². The Hall–Kier alpha value is -3.34. The van der Waals surface area contributed by atoms with E-state index in [1.165, 1.54) is 0 Å². The Morgan fingerprint density at radius 3 is 2.32 bits per heavy atom. The van der Waals surface area contributed by atoms with E-state index in [-0.39, 0.29) is 11.8 Å². The Morgan fingerprint density at radius 1 is 1.00 bits per heavy atom. The number of nitrogens with two attached hydrogens (primary N) is 2. The largest absolute Gasteiger partial charge is 0.426 e. The molecule has 0 fully saturated rings. The lowest BCUT2D eigenvalue weighted by atomic mass is 10.0. The molecule has 126 valence electrons. The number of amidine groups is 1. The van der Waals surface area contributed by atoms with Gasteiger partial charge in [0.05, 0.1) is 5.92 Å². The smallest absolute Gasteiger partial charge is 0.318 e. The molecule has 0 amide bonds. The number of esters is 1. The normalized spacial score (nSPS) is 11.9. The molecule has 1 atom stereocenters. The van der Waals surface area contributed by atoms with Crippen molar-refractivity contribution in [2.24, 2.45) is 5.73 Å². The van der Waals surface area contributed by atoms with Crippen LogP contribution in [0.2, 0.25) is 0 Å². The zero-order valence-corrected chi connectivity index (χ0v) is 13.8. The maximum atomic E-state index is 12.4. The number of nitrogen functional groups attached to an aromatic ring is 2. The van der Waals surface area contributed by atoms with E-state index in [4.69, 9.17) is 21.6 Å². The van der Waals surface area contributed by atoms with Crippen LogP contribution >= 0.6 is 0 Å². The van der Waals surface area contributed by atoms with Crippen molar-refractivity contribution in [2.45, 2.75) is 12.8 Å². The molecule has 0 bridgehead atoms. The first kappa shape index (κ1) is 16.5. The lowest BCUT2D eigenvalue weighted by Gasteiger charge is -2.12. The van der Waals surface area contributed by atoms with Gasteiger partial charge in [-0.3, -0.25) is 10.2 Å². The molecular formula is C20H19N3O2. The molecule has 3 aromatic carbocycles. The molecule has 3 aromatic rings. The van der Waals surface area contributed by atoms with Crippen LogP contribution in [0.5, 0.6) is 5.75 Å². The summed E-state index contributed by atoms with van der Waals surface area (Å²) >= 11 is 0. The number of nitrogens with one attached hydrogen (secondary N) is 1. The summed E-state index contributed by atoms with van der Waals surface area (Å²) in [5.41, 5.74) is 13.3. The number of rotatable bonds is 4. The Bertz CT molecular complexity index is 949. The number of carbonyl (C=O) groups excluding carboxylic acids is 1. The molecule has 1 unspecified atom stereocenters. The van der Waals surface area contributed by atoms with Crippen molar-refractivity contribution in [1.29, 1.82) is 5.41 Å². The lowest BCUT2D eigenvalue weighted by molar-refractivity contribution is -0.135. The minimum absolute atomic E-state index is 0.0229. The van der Waals surface area contributed by atoms with E-state index < -0.39 is 5.92 Å². The van der Waals surface area contributed by atoms with Crippen molar-refractivity contribution in [2.75, 3.05) is 5.73 Å². The van der Waals surface area contributed by atoms with Crippen molar-refractivity contribution in [3.8, 4) is 5.75 Å². The van der Waals surface area contributed by atoms with E-state index in [9.17, 15) is 4.79 Å². The topological polar surface area (TPSA) is 102 Å². The first-order valence-electron chi connectivity index (χ1n) is 7.89. The molecule has 0 spiro atoms. The summed E-state index contributed by atoms with van der Waals surface area (Å²) in [5.74, 6) is -0.217. The molecule has 0 aliphatic carbocycles. The summed E-state index contributed by atoms with van der Waals surface area (Å²) in [5, 5.41) is 9.33. The van der Waals surface area contributed by atoms with Gasteiger partial charge in [-0.05, 0) is 53.6 Å². The van der Waals surface area contributed by atoms with Gasteiger partial charge in [-0.15, -0.1) is 0 Å². The quantitative estimate of drug-likeness (QED) is 0.224. The molecule has 5 heteroatoms. The third-order valence-corrected chi connectivity index (χ3v) is 4.13. The van der Waals surface area contributed by atoms with E-state index in [1.54, 1.807) is 37.3 Å². The Morgan fingerprint density at radius 2 is 1.64 bits per heavy atom. The molecule has 0 saturated heterocycles. The Balaban J connectivity index is 1.79. The van der Waals surface area contributed by atoms with Gasteiger partial charge in [-0.2, -0.15) is 0 Å². The van der Waals surface area contributed by atoms with E-state index in [0.29, 0.717) is 17.0 Å². The monoisotopic (exact) mass is 333 g/mol. The molecule has 0 aliphatic heterocycles. The highest BCUT2D eigenvalue weighted by Gasteiger charge is 2.17. The van der Waals surface area contributed by atoms with Crippen molar-refractivity contribution < 1.29 is 9.53 Å². The van der Waals surface area contributed by atoms with Gasteiger partial charge in [0.1, 0.15) is 11.6 Å². The summed E-state index contributed by atoms with van der Waals surface area (Å²) in [6.45, 7) is 1.80. The third kappa shape index (κ3) is 3.61. The second-order valence-corrected chi connectivity index (χ2v) is 5.95. The maximum absolute atomic E-state index is 12.4. The molecular weight excluding hydrogens is 314 g/mol. The molecule has 0 aliphatic rings. The molecule has 0 saturated carbocycles. The van der Waals surface area contributed by atoms with Gasteiger partial charge in [0.15, 0.2) is 0 Å². The third-order valence-electron chi connectivity index (χ3n) is 4.13. The molecule has 0 aromatic heterocycles. The molecule has 5 N–H and O–H groups in total. The fourth-order valence-corrected chi connectivity index (χ4v) is 2.58. The first-order valence-corrected chi connectivity index (χ1v) is 7.89. The molecule has 5 nitrogen and oxygen atoms in total. The average Bonchev–Trinajstić information content (AvgIpc) is 2.61. The highest BCUT2D eigenvalue weighted by Crippen LogP contribution is 2.24. The average molecular weight is 333 g/mol. The van der Waals surface area contributed by atoms with Crippen LogP contribution in [0.25, 0.3) is 10.8 Å². The van der Waals surface area contributed by atoms with Crippen molar-refractivity contribution >= 4 is 28.3 Å². The summed E-state index contributed by atoms with van der Waals surface area (Å²) in [6.07, 6.45) is 0. The van der Waals surface area contributed by atoms with Crippen LogP contribution in [0, 0.1) is 5.41 Å². The van der Waals surface area contributed by atoms with Crippen LogP contribution in [0.15, 0.2) is 60.7 Å². The SMILES string of the molecule is CC(C(=O)Oc1ccc2cc(C(=N)N)ccc2c1)c1ccc(N)cc1. The van der Waals surface area contributed by atoms with Gasteiger partial charge in [0.25, 0.3) is 0 Å². The Labute approximate surface area is 145 Å². The highest BCUT2D eigenvalue weighted by molar-refractivity contribution is 5.99. The van der Waals surface area contributed by atoms with Crippen LogP contribution in [-0.4, -0.2) is 11.8 Å².